The summed E-state index contributed by atoms with van der Waals surface area (Å²) in [6, 6.07) is 7.45. The second kappa shape index (κ2) is 6.29. The Labute approximate surface area is 123 Å². The number of aromatic nitrogens is 2. The summed E-state index contributed by atoms with van der Waals surface area (Å²) in [4.78, 5) is 18.1. The van der Waals surface area contributed by atoms with Crippen LogP contribution in [0.5, 0.6) is 5.88 Å². The van der Waals surface area contributed by atoms with E-state index < -0.39 is 4.92 Å². The molecule has 7 nitrogen and oxygen atoms in total. The van der Waals surface area contributed by atoms with Gasteiger partial charge in [-0.3, -0.25) is 10.1 Å². The number of hydrogen-bond donors (Lipinski definition) is 1. The fourth-order valence-corrected chi connectivity index (χ4v) is 1.81. The maximum atomic E-state index is 11.1. The van der Waals surface area contributed by atoms with Gasteiger partial charge in [-0.1, -0.05) is 28.1 Å². The Hall–Kier alpha value is -2.22. The van der Waals surface area contributed by atoms with Crippen LogP contribution in [0, 0.1) is 10.1 Å². The van der Waals surface area contributed by atoms with E-state index in [0.717, 1.165) is 10.0 Å². The van der Waals surface area contributed by atoms with E-state index in [4.69, 9.17) is 4.74 Å². The molecule has 1 heterocycles. The molecular weight excluding hydrogens is 328 g/mol. The summed E-state index contributed by atoms with van der Waals surface area (Å²) in [6.07, 6.45) is 1.22. The Bertz CT molecular complexity index is 619. The molecule has 0 radical (unpaired) electrons. The lowest BCUT2D eigenvalue weighted by atomic mass is 10.2. The number of ether oxygens (including phenoxy) is 1. The average molecular weight is 339 g/mol. The van der Waals surface area contributed by atoms with Gasteiger partial charge in [0, 0.05) is 11.5 Å². The molecule has 1 aromatic carbocycles. The molecule has 0 spiro atoms. The van der Waals surface area contributed by atoms with Gasteiger partial charge >= 0.3 is 5.69 Å². The third-order valence-corrected chi connectivity index (χ3v) is 3.03. The van der Waals surface area contributed by atoms with Gasteiger partial charge in [0.2, 0.25) is 5.82 Å². The number of anilines is 1. The van der Waals surface area contributed by atoms with Gasteiger partial charge in [0.25, 0.3) is 5.88 Å². The zero-order valence-corrected chi connectivity index (χ0v) is 12.1. The summed E-state index contributed by atoms with van der Waals surface area (Å²) in [5, 5.41) is 13.7. The number of hydrogen-bond acceptors (Lipinski definition) is 6. The fraction of sp³-hybridized carbons (Fsp3) is 0.167. The third kappa shape index (κ3) is 3.21. The molecule has 0 unspecified atom stereocenters. The lowest BCUT2D eigenvalue weighted by Gasteiger charge is -2.07. The lowest BCUT2D eigenvalue weighted by molar-refractivity contribution is -0.385. The van der Waals surface area contributed by atoms with Crippen molar-refractivity contribution in [3.63, 3.8) is 0 Å². The van der Waals surface area contributed by atoms with Crippen molar-refractivity contribution in [2.45, 2.75) is 6.61 Å². The quantitative estimate of drug-likeness (QED) is 0.665. The van der Waals surface area contributed by atoms with Crippen LogP contribution in [0.25, 0.3) is 0 Å². The first-order valence-electron chi connectivity index (χ1n) is 5.66. The van der Waals surface area contributed by atoms with Gasteiger partial charge in [-0.05, 0) is 17.7 Å². The minimum atomic E-state index is -0.567. The van der Waals surface area contributed by atoms with E-state index in [1.807, 2.05) is 24.3 Å². The number of halogens is 1. The van der Waals surface area contributed by atoms with Gasteiger partial charge in [0.15, 0.2) is 0 Å². The first-order chi connectivity index (χ1) is 9.61. The van der Waals surface area contributed by atoms with Gasteiger partial charge in [0.05, 0.1) is 4.92 Å². The third-order valence-electron chi connectivity index (χ3n) is 2.50. The molecule has 0 saturated heterocycles. The topological polar surface area (TPSA) is 90.2 Å². The summed E-state index contributed by atoms with van der Waals surface area (Å²) in [7, 11) is 1.55. The van der Waals surface area contributed by atoms with Crippen LogP contribution in [0.3, 0.4) is 0 Å². The van der Waals surface area contributed by atoms with E-state index in [9.17, 15) is 10.1 Å². The van der Waals surface area contributed by atoms with Crippen LogP contribution in [0.2, 0.25) is 0 Å². The molecule has 8 heteroatoms. The SMILES string of the molecule is CNc1ncnc(OCc2ccc(Br)cc2)c1[N+](=O)[O-]. The van der Waals surface area contributed by atoms with Gasteiger partial charge in [-0.25, -0.2) is 4.98 Å². The normalized spacial score (nSPS) is 10.1. The molecular formula is C12H11BrN4O3. The van der Waals surface area contributed by atoms with Gasteiger partial charge in [0.1, 0.15) is 12.9 Å². The van der Waals surface area contributed by atoms with Gasteiger partial charge in [-0.15, -0.1) is 0 Å². The van der Waals surface area contributed by atoms with Crippen molar-refractivity contribution in [1.29, 1.82) is 0 Å². The Morgan fingerprint density at radius 2 is 2.05 bits per heavy atom. The summed E-state index contributed by atoms with van der Waals surface area (Å²) in [6.45, 7) is 0.189. The summed E-state index contributed by atoms with van der Waals surface area (Å²) < 4.78 is 6.37. The van der Waals surface area contributed by atoms with E-state index in [-0.39, 0.29) is 24.0 Å². The predicted octanol–water partition coefficient (Wildman–Crippen LogP) is 2.77. The molecule has 0 saturated carbocycles. The summed E-state index contributed by atoms with van der Waals surface area (Å²) in [5.41, 5.74) is 0.610. The summed E-state index contributed by atoms with van der Waals surface area (Å²) >= 11 is 3.33. The second-order valence-corrected chi connectivity index (χ2v) is 4.71. The van der Waals surface area contributed by atoms with Crippen molar-refractivity contribution < 1.29 is 9.66 Å². The molecule has 2 aromatic rings. The molecule has 1 N–H and O–H groups in total. The second-order valence-electron chi connectivity index (χ2n) is 3.80. The highest BCUT2D eigenvalue weighted by Crippen LogP contribution is 2.30. The Kier molecular flexibility index (Phi) is 4.46. The average Bonchev–Trinajstić information content (AvgIpc) is 2.46. The van der Waals surface area contributed by atoms with Gasteiger partial charge < -0.3 is 10.1 Å². The zero-order valence-electron chi connectivity index (χ0n) is 10.5. The van der Waals surface area contributed by atoms with Crippen LogP contribution in [0.15, 0.2) is 35.1 Å². The largest absolute Gasteiger partial charge is 0.468 e. The van der Waals surface area contributed by atoms with E-state index in [1.54, 1.807) is 7.05 Å². The molecule has 0 aliphatic heterocycles. The number of nitrogens with one attached hydrogen (secondary N) is 1. The smallest absolute Gasteiger partial charge is 0.372 e. The lowest BCUT2D eigenvalue weighted by Crippen LogP contribution is -2.05. The van der Waals surface area contributed by atoms with Crippen molar-refractivity contribution in [2.24, 2.45) is 0 Å². The molecule has 20 heavy (non-hydrogen) atoms. The van der Waals surface area contributed by atoms with Crippen LogP contribution < -0.4 is 10.1 Å². The Morgan fingerprint density at radius 3 is 2.65 bits per heavy atom. The molecule has 0 amide bonds. The van der Waals surface area contributed by atoms with Crippen LogP contribution in [0.1, 0.15) is 5.56 Å². The van der Waals surface area contributed by atoms with E-state index in [1.165, 1.54) is 6.33 Å². The maximum Gasteiger partial charge on any atom is 0.372 e. The van der Waals surface area contributed by atoms with E-state index >= 15 is 0 Å². The monoisotopic (exact) mass is 338 g/mol. The van der Waals surface area contributed by atoms with Crippen LogP contribution >= 0.6 is 15.9 Å². The highest BCUT2D eigenvalue weighted by molar-refractivity contribution is 9.10. The van der Waals surface area contributed by atoms with Crippen molar-refractivity contribution in [1.82, 2.24) is 9.97 Å². The Morgan fingerprint density at radius 1 is 1.35 bits per heavy atom. The first-order valence-corrected chi connectivity index (χ1v) is 6.45. The van der Waals surface area contributed by atoms with Crippen molar-refractivity contribution in [2.75, 3.05) is 12.4 Å². The molecule has 104 valence electrons. The standard InChI is InChI=1S/C12H11BrN4O3/c1-14-11-10(17(18)19)12(16-7-15-11)20-6-8-2-4-9(13)5-3-8/h2-5,7H,6H2,1H3,(H,14,15,16). The fourth-order valence-electron chi connectivity index (χ4n) is 1.55. The molecule has 0 aliphatic rings. The number of rotatable bonds is 5. The highest BCUT2D eigenvalue weighted by atomic mass is 79.9. The number of benzene rings is 1. The van der Waals surface area contributed by atoms with Gasteiger partial charge in [-0.2, -0.15) is 4.98 Å². The predicted molar refractivity (Wildman–Crippen MR) is 76.7 cm³/mol. The van der Waals surface area contributed by atoms with Crippen molar-refractivity contribution in [3.05, 3.63) is 50.7 Å². The molecule has 0 aliphatic carbocycles. The van der Waals surface area contributed by atoms with Crippen molar-refractivity contribution >= 4 is 27.4 Å². The van der Waals surface area contributed by atoms with Crippen LogP contribution in [-0.2, 0) is 6.61 Å². The minimum absolute atomic E-state index is 0.0581. The molecule has 0 bridgehead atoms. The molecule has 1 aromatic heterocycles. The first kappa shape index (κ1) is 14.2. The van der Waals surface area contributed by atoms with Crippen molar-refractivity contribution in [3.8, 4) is 5.88 Å². The van der Waals surface area contributed by atoms with E-state index in [0.29, 0.717) is 0 Å². The van der Waals surface area contributed by atoms with Crippen LogP contribution in [0.4, 0.5) is 11.5 Å². The Balaban J connectivity index is 2.21. The van der Waals surface area contributed by atoms with E-state index in [2.05, 4.69) is 31.2 Å². The minimum Gasteiger partial charge on any atom is -0.468 e. The highest BCUT2D eigenvalue weighted by Gasteiger charge is 2.23. The van der Waals surface area contributed by atoms with Crippen LogP contribution in [-0.4, -0.2) is 21.9 Å². The number of nitro groups is 1. The molecule has 2 rings (SSSR count). The number of nitrogens with zero attached hydrogens (tertiary/aromatic N) is 3. The molecule has 0 fully saturated rings. The summed E-state index contributed by atoms with van der Waals surface area (Å²) in [5.74, 6) is 0.0630. The molecule has 0 atom stereocenters. The maximum absolute atomic E-state index is 11.1. The zero-order chi connectivity index (χ0) is 14.5.